The number of carbonyl (C=O) groups is 1. The van der Waals surface area contributed by atoms with Crippen LogP contribution >= 0.6 is 0 Å². The second kappa shape index (κ2) is 5.79. The van der Waals surface area contributed by atoms with Crippen LogP contribution < -0.4 is 0 Å². The molecule has 3 aromatic rings. The van der Waals surface area contributed by atoms with E-state index in [1.165, 1.54) is 15.1 Å². The summed E-state index contributed by atoms with van der Waals surface area (Å²) < 4.78 is 26.9. The summed E-state index contributed by atoms with van der Waals surface area (Å²) in [6, 6.07) is 13.5. The summed E-state index contributed by atoms with van der Waals surface area (Å²) in [5.74, 6) is -0.119. The first-order valence-corrected chi connectivity index (χ1v) is 8.90. The Kier molecular flexibility index (Phi) is 3.93. The van der Waals surface area contributed by atoms with Gasteiger partial charge >= 0.3 is 0 Å². The van der Waals surface area contributed by atoms with E-state index in [1.807, 2.05) is 6.92 Å². The molecule has 6 heteroatoms. The van der Waals surface area contributed by atoms with Crippen LogP contribution in [0.3, 0.4) is 0 Å². The van der Waals surface area contributed by atoms with E-state index in [2.05, 4.69) is 0 Å². The van der Waals surface area contributed by atoms with Gasteiger partial charge in [0, 0.05) is 31.2 Å². The minimum absolute atomic E-state index is 0.119. The van der Waals surface area contributed by atoms with Crippen LogP contribution in [0, 0.1) is 6.92 Å². The van der Waals surface area contributed by atoms with Gasteiger partial charge in [0.15, 0.2) is 0 Å². The van der Waals surface area contributed by atoms with Crippen molar-refractivity contribution < 1.29 is 13.2 Å². The van der Waals surface area contributed by atoms with E-state index in [0.717, 1.165) is 5.56 Å². The molecular formula is C18H18N2O3S. The predicted octanol–water partition coefficient (Wildman–Crippen LogP) is 2.89. The maximum Gasteiger partial charge on any atom is 0.268 e. The molecular weight excluding hydrogens is 324 g/mol. The molecule has 0 aliphatic carbocycles. The third-order valence-electron chi connectivity index (χ3n) is 3.89. The summed E-state index contributed by atoms with van der Waals surface area (Å²) in [6.45, 7) is 1.91. The summed E-state index contributed by atoms with van der Waals surface area (Å²) in [4.78, 5) is 13.8. The fourth-order valence-corrected chi connectivity index (χ4v) is 3.90. The van der Waals surface area contributed by atoms with Gasteiger partial charge in [0.2, 0.25) is 0 Å². The third-order valence-corrected chi connectivity index (χ3v) is 5.59. The lowest BCUT2D eigenvalue weighted by molar-refractivity contribution is 0.0828. The van der Waals surface area contributed by atoms with Crippen LogP contribution in [0.2, 0.25) is 0 Å². The number of benzene rings is 2. The molecule has 1 heterocycles. The van der Waals surface area contributed by atoms with Crippen LogP contribution in [0.15, 0.2) is 59.6 Å². The average molecular weight is 342 g/mol. The Balaban J connectivity index is 2.11. The molecule has 124 valence electrons. The number of rotatable bonds is 3. The van der Waals surface area contributed by atoms with Crippen LogP contribution in [-0.2, 0) is 10.0 Å². The van der Waals surface area contributed by atoms with Crippen LogP contribution in [-0.4, -0.2) is 37.3 Å². The predicted molar refractivity (Wildman–Crippen MR) is 93.7 cm³/mol. The summed E-state index contributed by atoms with van der Waals surface area (Å²) in [5.41, 5.74) is 2.07. The Bertz CT molecular complexity index is 1020. The molecule has 0 bridgehead atoms. The zero-order valence-corrected chi connectivity index (χ0v) is 14.5. The molecule has 0 spiro atoms. The second-order valence-corrected chi connectivity index (χ2v) is 7.72. The third kappa shape index (κ3) is 2.69. The van der Waals surface area contributed by atoms with Crippen LogP contribution in [0.5, 0.6) is 0 Å². The van der Waals surface area contributed by atoms with E-state index in [9.17, 15) is 13.2 Å². The molecule has 2 aromatic carbocycles. The Hall–Kier alpha value is -2.60. The monoisotopic (exact) mass is 342 g/mol. The van der Waals surface area contributed by atoms with Gasteiger partial charge in [0.25, 0.3) is 15.9 Å². The molecule has 0 fully saturated rings. The Morgan fingerprint density at radius 3 is 2.29 bits per heavy atom. The summed E-state index contributed by atoms with van der Waals surface area (Å²) in [6.07, 6.45) is 1.52. The lowest BCUT2D eigenvalue weighted by atomic mass is 10.1. The maximum absolute atomic E-state index is 12.8. The summed E-state index contributed by atoms with van der Waals surface area (Å²) >= 11 is 0. The molecule has 1 aromatic heterocycles. The number of amides is 1. The van der Waals surface area contributed by atoms with Gasteiger partial charge < -0.3 is 4.90 Å². The van der Waals surface area contributed by atoms with Gasteiger partial charge in [-0.15, -0.1) is 0 Å². The van der Waals surface area contributed by atoms with Crippen molar-refractivity contribution >= 4 is 26.8 Å². The van der Waals surface area contributed by atoms with Crippen LogP contribution in [0.1, 0.15) is 15.9 Å². The highest BCUT2D eigenvalue weighted by Crippen LogP contribution is 2.23. The largest absolute Gasteiger partial charge is 0.345 e. The number of fused-ring (bicyclic) bond motifs is 1. The Labute approximate surface area is 141 Å². The normalized spacial score (nSPS) is 11.6. The minimum Gasteiger partial charge on any atom is -0.345 e. The number of nitrogens with zero attached hydrogens (tertiary/aromatic N) is 2. The van der Waals surface area contributed by atoms with E-state index in [4.69, 9.17) is 0 Å². The highest BCUT2D eigenvalue weighted by atomic mass is 32.2. The van der Waals surface area contributed by atoms with Crippen molar-refractivity contribution in [1.82, 2.24) is 8.87 Å². The Morgan fingerprint density at radius 1 is 1.00 bits per heavy atom. The molecule has 0 aliphatic heterocycles. The van der Waals surface area contributed by atoms with E-state index < -0.39 is 10.0 Å². The van der Waals surface area contributed by atoms with Gasteiger partial charge in [-0.2, -0.15) is 0 Å². The molecule has 0 radical (unpaired) electrons. The first kappa shape index (κ1) is 16.3. The standard InChI is InChI=1S/C18H18N2O3S/c1-13-4-7-16(8-5-13)24(22,23)20-11-10-14-12-15(6-9-17(14)20)18(21)19(2)3/h4-12H,1-3H3. The first-order chi connectivity index (χ1) is 11.3. The summed E-state index contributed by atoms with van der Waals surface area (Å²) in [7, 11) is -0.307. The number of aryl methyl sites for hydroxylation is 1. The highest BCUT2D eigenvalue weighted by Gasteiger charge is 2.19. The topological polar surface area (TPSA) is 59.4 Å². The second-order valence-electron chi connectivity index (χ2n) is 5.90. The zero-order chi connectivity index (χ0) is 17.5. The van der Waals surface area contributed by atoms with E-state index >= 15 is 0 Å². The fourth-order valence-electron chi connectivity index (χ4n) is 2.54. The minimum atomic E-state index is -3.67. The number of aromatic nitrogens is 1. The first-order valence-electron chi connectivity index (χ1n) is 7.46. The van der Waals surface area contributed by atoms with Crippen LogP contribution in [0.4, 0.5) is 0 Å². The molecule has 24 heavy (non-hydrogen) atoms. The van der Waals surface area contributed by atoms with Crippen LogP contribution in [0.25, 0.3) is 10.9 Å². The molecule has 3 rings (SSSR count). The van der Waals surface area contributed by atoms with Crippen molar-refractivity contribution in [2.24, 2.45) is 0 Å². The van der Waals surface area contributed by atoms with Gasteiger partial charge in [-0.1, -0.05) is 17.7 Å². The van der Waals surface area contributed by atoms with Gasteiger partial charge in [0.05, 0.1) is 10.4 Å². The average Bonchev–Trinajstić information content (AvgIpc) is 2.98. The molecule has 5 nitrogen and oxygen atoms in total. The van der Waals surface area contributed by atoms with Gasteiger partial charge in [0.1, 0.15) is 0 Å². The maximum atomic E-state index is 12.8. The number of hydrogen-bond acceptors (Lipinski definition) is 3. The smallest absolute Gasteiger partial charge is 0.268 e. The van der Waals surface area contributed by atoms with Crippen molar-refractivity contribution in [2.75, 3.05) is 14.1 Å². The lowest BCUT2D eigenvalue weighted by Crippen LogP contribution is -2.21. The van der Waals surface area contributed by atoms with Gasteiger partial charge in [-0.25, -0.2) is 12.4 Å². The fraction of sp³-hybridized carbons (Fsp3) is 0.167. The number of hydrogen-bond donors (Lipinski definition) is 0. The molecule has 0 saturated carbocycles. The van der Waals surface area contributed by atoms with E-state index in [1.54, 1.807) is 62.6 Å². The Morgan fingerprint density at radius 2 is 1.67 bits per heavy atom. The zero-order valence-electron chi connectivity index (χ0n) is 13.7. The SMILES string of the molecule is Cc1ccc(S(=O)(=O)n2ccc3cc(C(=O)N(C)C)ccc32)cc1. The lowest BCUT2D eigenvalue weighted by Gasteiger charge is -2.11. The van der Waals surface area contributed by atoms with Crippen molar-refractivity contribution in [3.8, 4) is 0 Å². The summed E-state index contributed by atoms with van der Waals surface area (Å²) in [5, 5.41) is 0.707. The van der Waals surface area contributed by atoms with Gasteiger partial charge in [-0.3, -0.25) is 4.79 Å². The van der Waals surface area contributed by atoms with E-state index in [-0.39, 0.29) is 10.8 Å². The van der Waals surface area contributed by atoms with Crippen molar-refractivity contribution in [3.05, 3.63) is 65.9 Å². The molecule has 1 amide bonds. The molecule has 0 unspecified atom stereocenters. The quantitative estimate of drug-likeness (QED) is 0.735. The van der Waals surface area contributed by atoms with Gasteiger partial charge in [-0.05, 0) is 43.3 Å². The van der Waals surface area contributed by atoms with Crippen molar-refractivity contribution in [1.29, 1.82) is 0 Å². The molecule has 0 saturated heterocycles. The van der Waals surface area contributed by atoms with Crippen molar-refractivity contribution in [2.45, 2.75) is 11.8 Å². The van der Waals surface area contributed by atoms with Crippen molar-refractivity contribution in [3.63, 3.8) is 0 Å². The molecule has 0 N–H and O–H groups in total. The highest BCUT2D eigenvalue weighted by molar-refractivity contribution is 7.90. The number of carbonyl (C=O) groups excluding carboxylic acids is 1. The van der Waals surface area contributed by atoms with E-state index in [0.29, 0.717) is 16.5 Å². The molecule has 0 aliphatic rings. The molecule has 0 atom stereocenters.